The zero-order chi connectivity index (χ0) is 12.4. The van der Waals surface area contributed by atoms with Crippen molar-refractivity contribution in [3.05, 3.63) is 34.9 Å². The van der Waals surface area contributed by atoms with Gasteiger partial charge in [-0.1, -0.05) is 26.0 Å². The number of rotatable bonds is 5. The summed E-state index contributed by atoms with van der Waals surface area (Å²) >= 11 is 0. The molecule has 0 heterocycles. The monoisotopic (exact) mass is 231 g/mol. The molecule has 0 atom stereocenters. The molecule has 2 heteroatoms. The van der Waals surface area contributed by atoms with Gasteiger partial charge in [-0.15, -0.1) is 0 Å². The van der Waals surface area contributed by atoms with Crippen LogP contribution in [-0.2, 0) is 0 Å². The quantitative estimate of drug-likeness (QED) is 0.789. The summed E-state index contributed by atoms with van der Waals surface area (Å²) in [5.41, 5.74) is 3.20. The van der Waals surface area contributed by atoms with Gasteiger partial charge >= 0.3 is 0 Å². The molecular weight excluding hydrogens is 210 g/mol. The van der Waals surface area contributed by atoms with E-state index >= 15 is 0 Å². The van der Waals surface area contributed by atoms with Gasteiger partial charge in [0.05, 0.1) is 6.54 Å². The molecule has 1 aliphatic carbocycles. The molecule has 0 spiro atoms. The minimum atomic E-state index is 0.219. The fourth-order valence-electron chi connectivity index (χ4n) is 1.92. The van der Waals surface area contributed by atoms with E-state index in [9.17, 15) is 4.79 Å². The molecule has 17 heavy (non-hydrogen) atoms. The van der Waals surface area contributed by atoms with Crippen LogP contribution in [0.15, 0.2) is 18.2 Å². The van der Waals surface area contributed by atoms with Crippen LogP contribution in [0.1, 0.15) is 54.1 Å². The molecule has 92 valence electrons. The highest BCUT2D eigenvalue weighted by molar-refractivity contribution is 5.99. The average molecular weight is 231 g/mol. The minimum absolute atomic E-state index is 0.219. The SMILES string of the molecule is Cc1ccc(C(C)C)cc1C(=O)CNC1CC1. The Balaban J connectivity index is 2.11. The number of nitrogens with one attached hydrogen (secondary N) is 1. The van der Waals surface area contributed by atoms with Gasteiger partial charge in [0.15, 0.2) is 5.78 Å². The molecule has 1 fully saturated rings. The number of hydrogen-bond donors (Lipinski definition) is 1. The fourth-order valence-corrected chi connectivity index (χ4v) is 1.92. The first-order chi connectivity index (χ1) is 8.08. The molecule has 0 amide bonds. The fraction of sp³-hybridized carbons (Fsp3) is 0.533. The van der Waals surface area contributed by atoms with E-state index in [-0.39, 0.29) is 5.78 Å². The molecule has 1 aromatic carbocycles. The molecule has 0 unspecified atom stereocenters. The lowest BCUT2D eigenvalue weighted by Crippen LogP contribution is -2.25. The third-order valence-electron chi connectivity index (χ3n) is 3.36. The number of hydrogen-bond acceptors (Lipinski definition) is 2. The second kappa shape index (κ2) is 5.01. The lowest BCUT2D eigenvalue weighted by atomic mass is 9.96. The third kappa shape index (κ3) is 3.16. The van der Waals surface area contributed by atoms with Crippen molar-refractivity contribution >= 4 is 5.78 Å². The topological polar surface area (TPSA) is 29.1 Å². The van der Waals surface area contributed by atoms with Gasteiger partial charge in [0, 0.05) is 11.6 Å². The molecule has 1 N–H and O–H groups in total. The van der Waals surface area contributed by atoms with E-state index in [1.54, 1.807) is 0 Å². The van der Waals surface area contributed by atoms with Crippen LogP contribution in [0.25, 0.3) is 0 Å². The first kappa shape index (κ1) is 12.3. The van der Waals surface area contributed by atoms with E-state index in [1.807, 2.05) is 6.92 Å². The number of carbonyl (C=O) groups is 1. The van der Waals surface area contributed by atoms with Crippen molar-refractivity contribution in [1.29, 1.82) is 0 Å². The first-order valence-electron chi connectivity index (χ1n) is 6.45. The standard InChI is InChI=1S/C15H21NO/c1-10(2)12-5-4-11(3)14(8-12)15(17)9-16-13-6-7-13/h4-5,8,10,13,16H,6-7,9H2,1-3H3. The Kier molecular flexibility index (Phi) is 3.63. The van der Waals surface area contributed by atoms with Gasteiger partial charge < -0.3 is 5.32 Å². The summed E-state index contributed by atoms with van der Waals surface area (Å²) < 4.78 is 0. The Labute approximate surface area is 103 Å². The van der Waals surface area contributed by atoms with E-state index in [1.165, 1.54) is 18.4 Å². The maximum absolute atomic E-state index is 12.1. The molecule has 2 nitrogen and oxygen atoms in total. The Morgan fingerprint density at radius 3 is 2.71 bits per heavy atom. The van der Waals surface area contributed by atoms with Gasteiger partial charge in [0.25, 0.3) is 0 Å². The predicted molar refractivity (Wildman–Crippen MR) is 70.6 cm³/mol. The van der Waals surface area contributed by atoms with Crippen molar-refractivity contribution < 1.29 is 4.79 Å². The van der Waals surface area contributed by atoms with E-state index in [2.05, 4.69) is 37.4 Å². The predicted octanol–water partition coefficient (Wildman–Crippen LogP) is 3.05. The second-order valence-corrected chi connectivity index (χ2v) is 5.31. The van der Waals surface area contributed by atoms with Crippen molar-refractivity contribution in [2.24, 2.45) is 0 Å². The second-order valence-electron chi connectivity index (χ2n) is 5.31. The maximum Gasteiger partial charge on any atom is 0.176 e. The summed E-state index contributed by atoms with van der Waals surface area (Å²) in [6.07, 6.45) is 2.44. The van der Waals surface area contributed by atoms with Crippen LogP contribution in [0.5, 0.6) is 0 Å². The summed E-state index contributed by atoms with van der Waals surface area (Å²) in [5.74, 6) is 0.690. The minimum Gasteiger partial charge on any atom is -0.307 e. The average Bonchev–Trinajstić information content (AvgIpc) is 3.10. The highest BCUT2D eigenvalue weighted by Crippen LogP contribution is 2.20. The largest absolute Gasteiger partial charge is 0.307 e. The molecule has 0 aromatic heterocycles. The van der Waals surface area contributed by atoms with Crippen molar-refractivity contribution in [3.8, 4) is 0 Å². The molecule has 0 aliphatic heterocycles. The Hall–Kier alpha value is -1.15. The smallest absolute Gasteiger partial charge is 0.176 e. The molecule has 1 aliphatic rings. The highest BCUT2D eigenvalue weighted by Gasteiger charge is 2.22. The van der Waals surface area contributed by atoms with E-state index in [4.69, 9.17) is 0 Å². The van der Waals surface area contributed by atoms with Crippen LogP contribution >= 0.6 is 0 Å². The van der Waals surface area contributed by atoms with Crippen molar-refractivity contribution in [2.45, 2.75) is 45.6 Å². The number of ketones is 1. The molecule has 0 bridgehead atoms. The first-order valence-corrected chi connectivity index (χ1v) is 6.45. The Bertz CT molecular complexity index is 419. The van der Waals surface area contributed by atoms with Crippen molar-refractivity contribution in [3.63, 3.8) is 0 Å². The molecule has 0 saturated heterocycles. The number of benzene rings is 1. The van der Waals surface area contributed by atoms with Crippen molar-refractivity contribution in [1.82, 2.24) is 5.32 Å². The van der Waals surface area contributed by atoms with Gasteiger partial charge in [-0.3, -0.25) is 4.79 Å². The van der Waals surface area contributed by atoms with E-state index in [0.717, 1.165) is 11.1 Å². The lowest BCUT2D eigenvalue weighted by molar-refractivity contribution is 0.0990. The summed E-state index contributed by atoms with van der Waals surface area (Å²) in [6.45, 7) is 6.80. The van der Waals surface area contributed by atoms with Gasteiger partial charge in [0.2, 0.25) is 0 Å². The summed E-state index contributed by atoms with van der Waals surface area (Å²) in [6, 6.07) is 6.81. The maximum atomic E-state index is 12.1. The van der Waals surface area contributed by atoms with E-state index in [0.29, 0.717) is 18.5 Å². The summed E-state index contributed by atoms with van der Waals surface area (Å²) in [7, 11) is 0. The third-order valence-corrected chi connectivity index (χ3v) is 3.36. The summed E-state index contributed by atoms with van der Waals surface area (Å²) in [5, 5.41) is 3.28. The van der Waals surface area contributed by atoms with Crippen LogP contribution in [0.4, 0.5) is 0 Å². The van der Waals surface area contributed by atoms with Crippen LogP contribution in [0.3, 0.4) is 0 Å². The normalized spacial score (nSPS) is 15.3. The Morgan fingerprint density at radius 2 is 2.12 bits per heavy atom. The van der Waals surface area contributed by atoms with Crippen LogP contribution in [0, 0.1) is 6.92 Å². The number of carbonyl (C=O) groups excluding carboxylic acids is 1. The Morgan fingerprint density at radius 1 is 1.41 bits per heavy atom. The van der Waals surface area contributed by atoms with Crippen LogP contribution in [0.2, 0.25) is 0 Å². The summed E-state index contributed by atoms with van der Waals surface area (Å²) in [4.78, 5) is 12.1. The molecule has 2 rings (SSSR count). The molecule has 1 saturated carbocycles. The lowest BCUT2D eigenvalue weighted by Gasteiger charge is -2.11. The zero-order valence-corrected chi connectivity index (χ0v) is 10.9. The molecular formula is C15H21NO. The van der Waals surface area contributed by atoms with Gasteiger partial charge in [0.1, 0.15) is 0 Å². The number of Topliss-reactive ketones (excluding diaryl/α,β-unsaturated/α-hetero) is 1. The number of aryl methyl sites for hydroxylation is 1. The molecule has 1 aromatic rings. The van der Waals surface area contributed by atoms with Crippen LogP contribution < -0.4 is 5.32 Å². The van der Waals surface area contributed by atoms with Crippen LogP contribution in [-0.4, -0.2) is 18.4 Å². The zero-order valence-electron chi connectivity index (χ0n) is 10.9. The van der Waals surface area contributed by atoms with Crippen molar-refractivity contribution in [2.75, 3.05) is 6.54 Å². The van der Waals surface area contributed by atoms with Gasteiger partial charge in [-0.2, -0.15) is 0 Å². The molecule has 0 radical (unpaired) electrons. The highest BCUT2D eigenvalue weighted by atomic mass is 16.1. The van der Waals surface area contributed by atoms with Gasteiger partial charge in [-0.25, -0.2) is 0 Å². The van der Waals surface area contributed by atoms with Gasteiger partial charge in [-0.05, 0) is 42.9 Å². The van der Waals surface area contributed by atoms with E-state index < -0.39 is 0 Å².